The predicted octanol–water partition coefficient (Wildman–Crippen LogP) is 2.17. The number of azo groups is 1. The molecule has 0 bridgehead atoms. The Bertz CT molecular complexity index is 380. The van der Waals surface area contributed by atoms with Crippen molar-refractivity contribution in [2.45, 2.75) is 19.9 Å². The van der Waals surface area contributed by atoms with E-state index in [9.17, 15) is 4.79 Å². The van der Waals surface area contributed by atoms with Gasteiger partial charge in [-0.1, -0.05) is 11.6 Å². The Hall–Kier alpha value is -1.56. The molecule has 0 N–H and O–H groups in total. The number of aromatic nitrogens is 2. The Morgan fingerprint density at radius 3 is 2.88 bits per heavy atom. The van der Waals surface area contributed by atoms with E-state index in [0.717, 1.165) is 0 Å². The Morgan fingerprint density at radius 2 is 2.31 bits per heavy atom. The van der Waals surface area contributed by atoms with E-state index in [2.05, 4.69) is 20.4 Å². The van der Waals surface area contributed by atoms with Gasteiger partial charge < -0.3 is 4.74 Å². The maximum absolute atomic E-state index is 11.2. The van der Waals surface area contributed by atoms with Gasteiger partial charge in [0.05, 0.1) is 6.61 Å². The first-order valence-electron chi connectivity index (χ1n) is 4.70. The van der Waals surface area contributed by atoms with Crippen LogP contribution >= 0.6 is 11.6 Å². The van der Waals surface area contributed by atoms with Crippen LogP contribution in [0.5, 0.6) is 0 Å². The molecule has 1 aromatic heterocycles. The standard InChI is InChI=1S/C9H11ClN4O2/c1-3-16-9(15)6(2)11-13-8-5-4-7(10)12-14-8/h4-6H,3H2,1-2H3. The molecular weight excluding hydrogens is 232 g/mol. The van der Waals surface area contributed by atoms with Gasteiger partial charge in [0.2, 0.25) is 0 Å². The number of rotatable bonds is 4. The molecule has 6 nitrogen and oxygen atoms in total. The minimum absolute atomic E-state index is 0.275. The molecule has 1 atom stereocenters. The highest BCUT2D eigenvalue weighted by Gasteiger charge is 2.12. The van der Waals surface area contributed by atoms with Gasteiger partial charge in [0.1, 0.15) is 0 Å². The van der Waals surface area contributed by atoms with Crippen molar-refractivity contribution in [1.29, 1.82) is 0 Å². The molecule has 86 valence electrons. The van der Waals surface area contributed by atoms with E-state index in [-0.39, 0.29) is 5.15 Å². The molecule has 0 spiro atoms. The molecule has 0 saturated carbocycles. The summed E-state index contributed by atoms with van der Waals surface area (Å²) in [6.07, 6.45) is 0. The second-order valence-electron chi connectivity index (χ2n) is 2.86. The van der Waals surface area contributed by atoms with Gasteiger partial charge in [-0.25, -0.2) is 4.79 Å². The van der Waals surface area contributed by atoms with Crippen molar-refractivity contribution in [3.63, 3.8) is 0 Å². The topological polar surface area (TPSA) is 76.8 Å². The van der Waals surface area contributed by atoms with Gasteiger partial charge in [0.15, 0.2) is 17.0 Å². The number of esters is 1. The van der Waals surface area contributed by atoms with E-state index < -0.39 is 12.0 Å². The zero-order chi connectivity index (χ0) is 12.0. The molecule has 7 heteroatoms. The van der Waals surface area contributed by atoms with Crippen molar-refractivity contribution in [2.24, 2.45) is 10.2 Å². The molecule has 0 amide bonds. The largest absolute Gasteiger partial charge is 0.464 e. The van der Waals surface area contributed by atoms with Crippen molar-refractivity contribution < 1.29 is 9.53 Å². The van der Waals surface area contributed by atoms with Crippen LogP contribution in [-0.4, -0.2) is 28.8 Å². The normalized spacial score (nSPS) is 12.7. The van der Waals surface area contributed by atoms with E-state index in [4.69, 9.17) is 16.3 Å². The molecule has 1 unspecified atom stereocenters. The van der Waals surface area contributed by atoms with Gasteiger partial charge in [0.25, 0.3) is 0 Å². The zero-order valence-corrected chi connectivity index (χ0v) is 9.68. The first-order valence-corrected chi connectivity index (χ1v) is 5.08. The van der Waals surface area contributed by atoms with Crippen molar-refractivity contribution in [3.8, 4) is 0 Å². The summed E-state index contributed by atoms with van der Waals surface area (Å²) in [5, 5.41) is 15.0. The zero-order valence-electron chi connectivity index (χ0n) is 8.92. The minimum Gasteiger partial charge on any atom is -0.464 e. The number of nitrogens with zero attached hydrogens (tertiary/aromatic N) is 4. The Kier molecular flexibility index (Phi) is 4.78. The first-order chi connectivity index (χ1) is 7.63. The number of hydrogen-bond donors (Lipinski definition) is 0. The highest BCUT2D eigenvalue weighted by molar-refractivity contribution is 6.29. The van der Waals surface area contributed by atoms with Crippen LogP contribution in [0.15, 0.2) is 22.4 Å². The monoisotopic (exact) mass is 242 g/mol. The van der Waals surface area contributed by atoms with Crippen molar-refractivity contribution in [2.75, 3.05) is 6.61 Å². The van der Waals surface area contributed by atoms with Gasteiger partial charge in [-0.15, -0.1) is 15.3 Å². The molecule has 1 heterocycles. The fourth-order valence-electron chi connectivity index (χ4n) is 0.818. The number of carbonyl (C=O) groups excluding carboxylic acids is 1. The lowest BCUT2D eigenvalue weighted by atomic mass is 10.4. The molecule has 0 fully saturated rings. The summed E-state index contributed by atoms with van der Waals surface area (Å²) in [5.74, 6) is -0.131. The average Bonchev–Trinajstić information content (AvgIpc) is 2.28. The number of carbonyl (C=O) groups is 1. The molecule has 0 saturated heterocycles. The van der Waals surface area contributed by atoms with Crippen molar-refractivity contribution >= 4 is 23.4 Å². The third-order valence-corrected chi connectivity index (χ3v) is 1.78. The van der Waals surface area contributed by atoms with Gasteiger partial charge >= 0.3 is 5.97 Å². The van der Waals surface area contributed by atoms with E-state index in [1.807, 2.05) is 0 Å². The van der Waals surface area contributed by atoms with E-state index >= 15 is 0 Å². The second-order valence-corrected chi connectivity index (χ2v) is 3.24. The minimum atomic E-state index is -0.655. The highest BCUT2D eigenvalue weighted by atomic mass is 35.5. The molecule has 0 aliphatic carbocycles. The van der Waals surface area contributed by atoms with Crippen LogP contribution in [0, 0.1) is 0 Å². The van der Waals surface area contributed by atoms with E-state index in [1.54, 1.807) is 19.9 Å². The van der Waals surface area contributed by atoms with Crippen LogP contribution in [0.1, 0.15) is 13.8 Å². The molecule has 1 aromatic rings. The summed E-state index contributed by atoms with van der Waals surface area (Å²) in [6, 6.07) is 2.44. The van der Waals surface area contributed by atoms with Gasteiger partial charge in [-0.05, 0) is 26.0 Å². The Labute approximate surface area is 97.7 Å². The number of ether oxygens (including phenoxy) is 1. The molecule has 0 radical (unpaired) electrons. The Morgan fingerprint density at radius 1 is 1.56 bits per heavy atom. The number of hydrogen-bond acceptors (Lipinski definition) is 6. The summed E-state index contributed by atoms with van der Waals surface area (Å²) in [7, 11) is 0. The molecule has 16 heavy (non-hydrogen) atoms. The van der Waals surface area contributed by atoms with Crippen LogP contribution in [0.3, 0.4) is 0 Å². The smallest absolute Gasteiger partial charge is 0.332 e. The first kappa shape index (κ1) is 12.5. The molecular formula is C9H11ClN4O2. The SMILES string of the molecule is CCOC(=O)C(C)N=Nc1ccc(Cl)nn1. The van der Waals surface area contributed by atoms with E-state index in [0.29, 0.717) is 12.4 Å². The maximum atomic E-state index is 11.2. The van der Waals surface area contributed by atoms with Crippen molar-refractivity contribution in [3.05, 3.63) is 17.3 Å². The molecule has 0 aliphatic heterocycles. The quantitative estimate of drug-likeness (QED) is 0.599. The maximum Gasteiger partial charge on any atom is 0.332 e. The van der Waals surface area contributed by atoms with Crippen LogP contribution in [0.4, 0.5) is 5.82 Å². The molecule has 0 aromatic carbocycles. The van der Waals surface area contributed by atoms with E-state index in [1.165, 1.54) is 6.07 Å². The van der Waals surface area contributed by atoms with Crippen molar-refractivity contribution in [1.82, 2.24) is 10.2 Å². The lowest BCUT2D eigenvalue weighted by Crippen LogP contribution is -2.17. The third kappa shape index (κ3) is 3.90. The lowest BCUT2D eigenvalue weighted by Gasteiger charge is -2.03. The summed E-state index contributed by atoms with van der Waals surface area (Å²) in [6.45, 7) is 3.64. The Balaban J connectivity index is 2.59. The summed E-state index contributed by atoms with van der Waals surface area (Å²) < 4.78 is 4.76. The molecule has 1 rings (SSSR count). The van der Waals surface area contributed by atoms with Gasteiger partial charge in [-0.3, -0.25) is 0 Å². The predicted molar refractivity (Wildman–Crippen MR) is 57.7 cm³/mol. The van der Waals surface area contributed by atoms with Crippen LogP contribution in [0.25, 0.3) is 0 Å². The summed E-state index contributed by atoms with van der Waals surface area (Å²) >= 11 is 5.55. The second kappa shape index (κ2) is 6.12. The summed E-state index contributed by atoms with van der Waals surface area (Å²) in [4.78, 5) is 11.2. The lowest BCUT2D eigenvalue weighted by molar-refractivity contribution is -0.144. The van der Waals surface area contributed by atoms with Gasteiger partial charge in [-0.2, -0.15) is 5.11 Å². The van der Waals surface area contributed by atoms with Crippen LogP contribution in [0.2, 0.25) is 5.15 Å². The highest BCUT2D eigenvalue weighted by Crippen LogP contribution is 2.10. The van der Waals surface area contributed by atoms with Crippen LogP contribution < -0.4 is 0 Å². The summed E-state index contributed by atoms with van der Waals surface area (Å²) in [5.41, 5.74) is 0. The third-order valence-electron chi connectivity index (χ3n) is 1.58. The fraction of sp³-hybridized carbons (Fsp3) is 0.444. The molecule has 0 aliphatic rings. The number of halogens is 1. The average molecular weight is 243 g/mol. The fourth-order valence-corrected chi connectivity index (χ4v) is 0.919. The van der Waals surface area contributed by atoms with Crippen LogP contribution in [-0.2, 0) is 9.53 Å². The van der Waals surface area contributed by atoms with Gasteiger partial charge in [0, 0.05) is 0 Å².